The van der Waals surface area contributed by atoms with E-state index >= 15 is 0 Å². The minimum absolute atomic E-state index is 0.0535. The number of para-hydroxylation sites is 2. The fourth-order valence-corrected chi connectivity index (χ4v) is 13.4. The van der Waals surface area contributed by atoms with E-state index < -0.39 is 11.2 Å². The Morgan fingerprint density at radius 3 is 1.10 bits per heavy atom. The normalized spacial score (nSPS) is 19.1. The van der Waals surface area contributed by atoms with Crippen molar-refractivity contribution in [2.75, 3.05) is 34.6 Å². The molecule has 0 bridgehead atoms. The molecule has 2 N–H and O–H groups in total. The molecule has 10 heteroatoms. The van der Waals surface area contributed by atoms with Crippen molar-refractivity contribution < 1.29 is 19.8 Å². The number of carbonyl (C=O) groups is 2. The molecule has 6 nitrogen and oxygen atoms in total. The summed E-state index contributed by atoms with van der Waals surface area (Å²) in [6.45, 7) is 0. The molecule has 58 heavy (non-hydrogen) atoms. The molecule has 2 aliphatic heterocycles. The Balaban J connectivity index is 0.000000177. The van der Waals surface area contributed by atoms with Crippen molar-refractivity contribution in [1.29, 1.82) is 0 Å². The molecule has 0 saturated heterocycles. The Morgan fingerprint density at radius 1 is 0.483 bits per heavy atom. The molecule has 2 aliphatic rings. The number of hydrogen-bond donors (Lipinski definition) is 2. The first-order valence-corrected chi connectivity index (χ1v) is 24.2. The SMILES string of the molecule is CN1C(=O)[C@@](O)(/C(=C(\CBr)[Se]c2ccccc2)c2ccccc2)c2ccccc21.CN1C(=O)[C@](O)(/C(=C(\CBr)[Se]c2ccccc2)c2ccccc2)c2ccccc21. The van der Waals surface area contributed by atoms with Crippen LogP contribution in [-0.4, -0.2) is 76.7 Å². The number of amides is 2. The summed E-state index contributed by atoms with van der Waals surface area (Å²) in [5, 5.41) is 25.2. The Bertz CT molecular complexity index is 2310. The monoisotopic (exact) mass is 1030 g/mol. The number of benzene rings is 6. The summed E-state index contributed by atoms with van der Waals surface area (Å²) >= 11 is 7.17. The van der Waals surface area contributed by atoms with Gasteiger partial charge < -0.3 is 0 Å². The molecule has 8 rings (SSSR count). The summed E-state index contributed by atoms with van der Waals surface area (Å²) in [6, 6.07) is 54.9. The average Bonchev–Trinajstić information content (AvgIpc) is 3.59. The van der Waals surface area contributed by atoms with Crippen LogP contribution in [0.2, 0.25) is 0 Å². The van der Waals surface area contributed by atoms with Crippen LogP contribution in [0.1, 0.15) is 22.3 Å². The van der Waals surface area contributed by atoms with Crippen LogP contribution in [0.15, 0.2) is 179 Å². The molecule has 0 spiro atoms. The standard InChI is InChI=1S/2C24H20BrNO2Se/c2*1-26-20-15-9-8-14-19(20)24(28,23(26)27)22(17-10-4-2-5-11-17)21(16-25)29-18-12-6-3-7-13-18/h2*2-15,28H,16H2,1H3/b2*22-21+/t2*24-/m10/s1. The van der Waals surface area contributed by atoms with Crippen LogP contribution >= 0.6 is 31.9 Å². The van der Waals surface area contributed by atoms with Crippen LogP contribution < -0.4 is 18.7 Å². The van der Waals surface area contributed by atoms with Crippen molar-refractivity contribution in [3.63, 3.8) is 0 Å². The molecule has 0 radical (unpaired) electrons. The molecule has 6 aromatic rings. The van der Waals surface area contributed by atoms with Crippen LogP contribution in [0, 0.1) is 0 Å². The Labute approximate surface area is 368 Å². The number of halogens is 2. The van der Waals surface area contributed by atoms with Gasteiger partial charge in [0.25, 0.3) is 0 Å². The van der Waals surface area contributed by atoms with E-state index in [0.29, 0.717) is 32.9 Å². The van der Waals surface area contributed by atoms with Crippen molar-refractivity contribution in [2.45, 2.75) is 11.2 Å². The van der Waals surface area contributed by atoms with Crippen LogP contribution in [-0.2, 0) is 20.8 Å². The molecule has 2 amide bonds. The molecule has 0 fully saturated rings. The number of allylic oxidation sites excluding steroid dienone is 2. The molecule has 2 atom stereocenters. The van der Waals surface area contributed by atoms with Gasteiger partial charge in [-0.1, -0.05) is 0 Å². The zero-order valence-electron chi connectivity index (χ0n) is 31.8. The second-order valence-electron chi connectivity index (χ2n) is 13.6. The van der Waals surface area contributed by atoms with E-state index in [1.165, 1.54) is 8.92 Å². The molecule has 0 saturated carbocycles. The molecule has 6 aromatic carbocycles. The summed E-state index contributed by atoms with van der Waals surface area (Å²) in [4.78, 5) is 29.9. The zero-order valence-corrected chi connectivity index (χ0v) is 38.4. The van der Waals surface area contributed by atoms with E-state index in [0.717, 1.165) is 31.4 Å². The Hall–Kier alpha value is -4.34. The van der Waals surface area contributed by atoms with E-state index in [2.05, 4.69) is 56.1 Å². The number of rotatable bonds is 10. The number of aliphatic hydroxyl groups is 2. The third kappa shape index (κ3) is 7.89. The Kier molecular flexibility index (Phi) is 13.2. The molecule has 2 heterocycles. The molecular formula is C48H40Br2N2O4Se2. The quantitative estimate of drug-likeness (QED) is 0.111. The van der Waals surface area contributed by atoms with E-state index in [4.69, 9.17) is 0 Å². The van der Waals surface area contributed by atoms with Gasteiger partial charge in [-0.2, -0.15) is 0 Å². The fraction of sp³-hybridized carbons (Fsp3) is 0.125. The van der Waals surface area contributed by atoms with E-state index in [1.807, 2.05) is 146 Å². The minimum atomic E-state index is -1.72. The van der Waals surface area contributed by atoms with Crippen LogP contribution in [0.3, 0.4) is 0 Å². The van der Waals surface area contributed by atoms with Crippen molar-refractivity contribution in [2.24, 2.45) is 0 Å². The number of hydrogen-bond acceptors (Lipinski definition) is 4. The first-order chi connectivity index (χ1) is 28.1. The average molecular weight is 1030 g/mol. The van der Waals surface area contributed by atoms with E-state index in [9.17, 15) is 19.8 Å². The van der Waals surface area contributed by atoms with Gasteiger partial charge in [0, 0.05) is 0 Å². The van der Waals surface area contributed by atoms with Gasteiger partial charge in [0.2, 0.25) is 0 Å². The predicted octanol–water partition coefficient (Wildman–Crippen LogP) is 7.37. The van der Waals surface area contributed by atoms with Crippen LogP contribution in [0.5, 0.6) is 0 Å². The van der Waals surface area contributed by atoms with Gasteiger partial charge in [-0.25, -0.2) is 0 Å². The summed E-state index contributed by atoms with van der Waals surface area (Å²) in [6.07, 6.45) is 0. The number of alkyl halides is 2. The zero-order chi connectivity index (χ0) is 40.9. The van der Waals surface area contributed by atoms with E-state index in [-0.39, 0.29) is 41.7 Å². The van der Waals surface area contributed by atoms with Crippen molar-refractivity contribution in [3.05, 3.63) is 201 Å². The predicted molar refractivity (Wildman–Crippen MR) is 245 cm³/mol. The topological polar surface area (TPSA) is 81.1 Å². The van der Waals surface area contributed by atoms with Crippen molar-refractivity contribution in [1.82, 2.24) is 0 Å². The number of fused-ring (bicyclic) bond motifs is 2. The van der Waals surface area contributed by atoms with Gasteiger partial charge in [0.05, 0.1) is 0 Å². The third-order valence-electron chi connectivity index (χ3n) is 10.2. The Morgan fingerprint density at radius 2 is 0.776 bits per heavy atom. The van der Waals surface area contributed by atoms with Gasteiger partial charge in [-0.05, 0) is 0 Å². The number of carbonyl (C=O) groups excluding carboxylic acids is 2. The van der Waals surface area contributed by atoms with E-state index in [1.54, 1.807) is 23.9 Å². The summed E-state index contributed by atoms with van der Waals surface area (Å²) < 4.78 is 4.46. The summed E-state index contributed by atoms with van der Waals surface area (Å²) in [7, 11) is 3.44. The molecule has 292 valence electrons. The number of anilines is 2. The first-order valence-electron chi connectivity index (χ1n) is 18.5. The van der Waals surface area contributed by atoms with Crippen LogP contribution in [0.25, 0.3) is 11.1 Å². The summed E-state index contributed by atoms with van der Waals surface area (Å²) in [5.41, 5.74) is 2.41. The maximum absolute atomic E-state index is 13.4. The first kappa shape index (κ1) is 41.8. The second-order valence-corrected chi connectivity index (χ2v) is 19.6. The van der Waals surface area contributed by atoms with Gasteiger partial charge >= 0.3 is 372 Å². The fourth-order valence-electron chi connectivity index (χ4n) is 7.47. The van der Waals surface area contributed by atoms with Gasteiger partial charge in [-0.3, -0.25) is 0 Å². The molecule has 0 aromatic heterocycles. The molecule has 0 aliphatic carbocycles. The maximum atomic E-state index is 13.4. The summed E-state index contributed by atoms with van der Waals surface area (Å²) in [5.74, 6) is -0.639. The molecular weight excluding hydrogens is 986 g/mol. The van der Waals surface area contributed by atoms with Crippen LogP contribution in [0.4, 0.5) is 11.4 Å². The van der Waals surface area contributed by atoms with Gasteiger partial charge in [0.15, 0.2) is 0 Å². The molecule has 0 unspecified atom stereocenters. The third-order valence-corrected chi connectivity index (χ3v) is 17.6. The van der Waals surface area contributed by atoms with Gasteiger partial charge in [0.1, 0.15) is 0 Å². The van der Waals surface area contributed by atoms with Gasteiger partial charge in [-0.15, -0.1) is 0 Å². The number of nitrogens with zero attached hydrogens (tertiary/aromatic N) is 2. The second kappa shape index (κ2) is 18.3. The number of likely N-dealkylation sites (N-methyl/N-ethyl adjacent to an activating group) is 2. The van der Waals surface area contributed by atoms with Crippen molar-refractivity contribution in [3.8, 4) is 0 Å². The van der Waals surface area contributed by atoms with Crippen molar-refractivity contribution >= 4 is 105 Å².